The normalized spacial score (nSPS) is 17.9. The van der Waals surface area contributed by atoms with Gasteiger partial charge in [-0.3, -0.25) is 0 Å². The maximum Gasteiger partial charge on any atom is 0.0813 e. The summed E-state index contributed by atoms with van der Waals surface area (Å²) in [6.45, 7) is 0. The van der Waals surface area contributed by atoms with E-state index in [9.17, 15) is 0 Å². The maximum atomic E-state index is 6.54. The third-order valence-electron chi connectivity index (χ3n) is 6.33. The smallest absolute Gasteiger partial charge is 0.0813 e. The molecule has 0 bridgehead atoms. The van der Waals surface area contributed by atoms with Gasteiger partial charge in [0.15, 0.2) is 0 Å². The molecule has 0 amide bonds. The molecule has 32 heavy (non-hydrogen) atoms. The molecule has 2 unspecified atom stereocenters. The van der Waals surface area contributed by atoms with Gasteiger partial charge in [0.05, 0.1) is 12.1 Å². The summed E-state index contributed by atoms with van der Waals surface area (Å²) in [5.74, 6) is 0. The third-order valence-corrected chi connectivity index (χ3v) is 6.80. The van der Waals surface area contributed by atoms with Crippen molar-refractivity contribution in [1.82, 2.24) is 0 Å². The Morgan fingerprint density at radius 1 is 0.531 bits per heavy atom. The molecule has 0 radical (unpaired) electrons. The lowest BCUT2D eigenvalue weighted by Crippen LogP contribution is -2.35. The van der Waals surface area contributed by atoms with E-state index in [1.165, 1.54) is 22.3 Å². The molecule has 4 aromatic carbocycles. The van der Waals surface area contributed by atoms with Crippen LogP contribution in [0.3, 0.4) is 0 Å². The zero-order valence-electron chi connectivity index (χ0n) is 18.0. The van der Waals surface area contributed by atoms with E-state index in [4.69, 9.17) is 23.2 Å². The minimum Gasteiger partial charge on any atom is -0.363 e. The standard InChI is InChI=1S/C28H24Cl2N2/c1-31-25-15-13-21(29)17-23(25)28(20-11-7-4-8-12-20)32(2)26-16-14-22(30)18-24(26)27(31)19-9-5-3-6-10-19/h3-18,27-28H,1-2H3. The van der Waals surface area contributed by atoms with Crippen LogP contribution in [-0.2, 0) is 0 Å². The van der Waals surface area contributed by atoms with Crippen LogP contribution in [0, 0.1) is 0 Å². The van der Waals surface area contributed by atoms with Crippen molar-refractivity contribution in [1.29, 1.82) is 0 Å². The van der Waals surface area contributed by atoms with E-state index in [0.717, 1.165) is 21.4 Å². The number of hydrogen-bond donors (Lipinski definition) is 0. The predicted molar refractivity (Wildman–Crippen MR) is 136 cm³/mol. The topological polar surface area (TPSA) is 6.48 Å². The van der Waals surface area contributed by atoms with E-state index in [1.54, 1.807) is 0 Å². The summed E-state index contributed by atoms with van der Waals surface area (Å²) in [4.78, 5) is 4.69. The molecular weight excluding hydrogens is 435 g/mol. The highest BCUT2D eigenvalue weighted by Gasteiger charge is 2.33. The predicted octanol–water partition coefficient (Wildman–Crippen LogP) is 7.76. The van der Waals surface area contributed by atoms with Crippen molar-refractivity contribution in [2.45, 2.75) is 12.1 Å². The molecule has 0 saturated carbocycles. The molecule has 5 rings (SSSR count). The van der Waals surface area contributed by atoms with Gasteiger partial charge in [-0.2, -0.15) is 0 Å². The molecule has 0 N–H and O–H groups in total. The molecular formula is C28H24Cl2N2. The summed E-state index contributed by atoms with van der Waals surface area (Å²) in [6.07, 6.45) is 0. The van der Waals surface area contributed by atoms with Crippen molar-refractivity contribution in [2.24, 2.45) is 0 Å². The second kappa shape index (κ2) is 8.54. The fourth-order valence-electron chi connectivity index (χ4n) is 4.90. The molecule has 0 fully saturated rings. The summed E-state index contributed by atoms with van der Waals surface area (Å²) >= 11 is 13.1. The van der Waals surface area contributed by atoms with Crippen molar-refractivity contribution >= 4 is 34.6 Å². The van der Waals surface area contributed by atoms with Crippen molar-refractivity contribution in [3.8, 4) is 0 Å². The van der Waals surface area contributed by atoms with Crippen molar-refractivity contribution < 1.29 is 0 Å². The molecule has 0 aliphatic carbocycles. The van der Waals surface area contributed by atoms with Crippen LogP contribution >= 0.6 is 23.2 Å². The van der Waals surface area contributed by atoms with Crippen LogP contribution in [0.4, 0.5) is 11.4 Å². The van der Waals surface area contributed by atoms with E-state index in [1.807, 2.05) is 12.1 Å². The first-order valence-corrected chi connectivity index (χ1v) is 11.4. The molecule has 4 aromatic rings. The molecule has 0 saturated heterocycles. The van der Waals surface area contributed by atoms with Crippen LogP contribution in [0.5, 0.6) is 0 Å². The van der Waals surface area contributed by atoms with Gasteiger partial charge >= 0.3 is 0 Å². The van der Waals surface area contributed by atoms with Crippen molar-refractivity contribution in [3.63, 3.8) is 0 Å². The fraction of sp³-hybridized carbons (Fsp3) is 0.143. The van der Waals surface area contributed by atoms with E-state index < -0.39 is 0 Å². The Hall–Kier alpha value is -2.94. The van der Waals surface area contributed by atoms with Crippen LogP contribution in [0.25, 0.3) is 0 Å². The molecule has 160 valence electrons. The number of benzene rings is 4. The van der Waals surface area contributed by atoms with Gasteiger partial charge in [-0.15, -0.1) is 0 Å². The average Bonchev–Trinajstić information content (AvgIpc) is 2.80. The number of nitrogens with zero attached hydrogens (tertiary/aromatic N) is 2. The fourth-order valence-corrected chi connectivity index (χ4v) is 5.26. The Morgan fingerprint density at radius 2 is 0.906 bits per heavy atom. The second-order valence-corrected chi connectivity index (χ2v) is 9.13. The molecule has 1 aliphatic rings. The highest BCUT2D eigenvalue weighted by Crippen LogP contribution is 2.47. The lowest BCUT2D eigenvalue weighted by molar-refractivity contribution is 0.711. The van der Waals surface area contributed by atoms with Gasteiger partial charge < -0.3 is 9.80 Å². The maximum absolute atomic E-state index is 6.54. The van der Waals surface area contributed by atoms with Gasteiger partial charge in [0.2, 0.25) is 0 Å². The first-order valence-electron chi connectivity index (χ1n) is 10.7. The first-order chi connectivity index (χ1) is 15.5. The number of anilines is 2. The van der Waals surface area contributed by atoms with Gasteiger partial charge in [-0.25, -0.2) is 0 Å². The van der Waals surface area contributed by atoms with Gasteiger partial charge in [0, 0.05) is 46.6 Å². The molecule has 1 aliphatic heterocycles. The Morgan fingerprint density at radius 3 is 1.28 bits per heavy atom. The van der Waals surface area contributed by atoms with E-state index in [-0.39, 0.29) is 12.1 Å². The number of halogens is 2. The van der Waals surface area contributed by atoms with Gasteiger partial charge in [0.25, 0.3) is 0 Å². The Bertz CT molecular complexity index is 1140. The van der Waals surface area contributed by atoms with E-state index >= 15 is 0 Å². The highest BCUT2D eigenvalue weighted by molar-refractivity contribution is 6.31. The summed E-state index contributed by atoms with van der Waals surface area (Å²) in [5, 5.41) is 1.47. The zero-order chi connectivity index (χ0) is 22.2. The van der Waals surface area contributed by atoms with E-state index in [0.29, 0.717) is 0 Å². The summed E-state index contributed by atoms with van der Waals surface area (Å²) in [7, 11) is 4.31. The molecule has 2 atom stereocenters. The van der Waals surface area contributed by atoms with Crippen molar-refractivity contribution in [2.75, 3.05) is 23.9 Å². The van der Waals surface area contributed by atoms with Crippen LogP contribution < -0.4 is 9.80 Å². The zero-order valence-corrected chi connectivity index (χ0v) is 19.6. The van der Waals surface area contributed by atoms with Crippen LogP contribution in [-0.4, -0.2) is 14.1 Å². The van der Waals surface area contributed by atoms with Crippen LogP contribution in [0.15, 0.2) is 97.1 Å². The quantitative estimate of drug-likeness (QED) is 0.302. The van der Waals surface area contributed by atoms with Crippen LogP contribution in [0.1, 0.15) is 34.3 Å². The largest absolute Gasteiger partial charge is 0.363 e. The van der Waals surface area contributed by atoms with Crippen molar-refractivity contribution in [3.05, 3.63) is 129 Å². The van der Waals surface area contributed by atoms with E-state index in [2.05, 4.69) is 109 Å². The number of hydrogen-bond acceptors (Lipinski definition) is 2. The number of fused-ring (bicyclic) bond motifs is 2. The highest BCUT2D eigenvalue weighted by atomic mass is 35.5. The Kier molecular flexibility index (Phi) is 5.58. The minimum atomic E-state index is 0.00370. The van der Waals surface area contributed by atoms with Gasteiger partial charge in [0.1, 0.15) is 0 Å². The van der Waals surface area contributed by atoms with Crippen LogP contribution in [0.2, 0.25) is 10.0 Å². The summed E-state index contributed by atoms with van der Waals surface area (Å²) in [6, 6.07) is 33.6. The molecule has 0 aromatic heterocycles. The SMILES string of the molecule is CN1c2ccc(Cl)cc2C(c2ccccc2)N(C)c2ccc(Cl)cc2C1c1ccccc1. The Labute approximate surface area is 199 Å². The van der Waals surface area contributed by atoms with Gasteiger partial charge in [-0.1, -0.05) is 83.9 Å². The molecule has 4 heteroatoms. The second-order valence-electron chi connectivity index (χ2n) is 8.25. The van der Waals surface area contributed by atoms with Gasteiger partial charge in [-0.05, 0) is 47.5 Å². The monoisotopic (exact) mass is 458 g/mol. The lowest BCUT2D eigenvalue weighted by atomic mass is 9.88. The summed E-state index contributed by atoms with van der Waals surface area (Å²) in [5.41, 5.74) is 7.08. The Balaban J connectivity index is 1.82. The molecule has 0 spiro atoms. The molecule has 1 heterocycles. The third kappa shape index (κ3) is 3.64. The average molecular weight is 459 g/mol. The molecule has 2 nitrogen and oxygen atoms in total. The minimum absolute atomic E-state index is 0.00370. The lowest BCUT2D eigenvalue weighted by Gasteiger charge is -2.42. The summed E-state index contributed by atoms with van der Waals surface area (Å²) < 4.78 is 0. The number of rotatable bonds is 2. The first kappa shape index (κ1) is 20.9.